The third-order valence-corrected chi connectivity index (χ3v) is 6.48. The number of anilines is 1. The summed E-state index contributed by atoms with van der Waals surface area (Å²) in [5.41, 5.74) is 6.98. The summed E-state index contributed by atoms with van der Waals surface area (Å²) >= 11 is 0.837. The number of hydrogen-bond donors (Lipinski definition) is 1. The molecule has 2 amide bonds. The molecule has 0 bridgehead atoms. The number of carbonyl (C=O) groups is 3. The molecule has 3 aromatic carbocycles. The number of nitrogens with two attached hydrogens (primary N) is 1. The molecule has 3 rings (SSSR count). The van der Waals surface area contributed by atoms with Crippen LogP contribution < -0.4 is 10.6 Å². The van der Waals surface area contributed by atoms with E-state index in [1.165, 1.54) is 4.90 Å². The Morgan fingerprint density at radius 3 is 2.23 bits per heavy atom. The van der Waals surface area contributed by atoms with E-state index in [0.29, 0.717) is 12.1 Å². The Kier molecular flexibility index (Phi) is 8.92. The average molecular weight is 503 g/mol. The van der Waals surface area contributed by atoms with Crippen LogP contribution in [-0.2, 0) is 20.8 Å². The SMILES string of the molecule is NC(=O)[C@H](CCCSCC(=O)C(F)(F)F)N(C(=O)Cc1ccccc1)c1ccc2ccccc2c1. The van der Waals surface area contributed by atoms with Crippen LogP contribution in [0.15, 0.2) is 72.8 Å². The number of Topliss-reactive ketones (excluding diaryl/α,β-unsaturated/α-hetero) is 1. The van der Waals surface area contributed by atoms with Crippen molar-refractivity contribution in [1.29, 1.82) is 0 Å². The summed E-state index contributed by atoms with van der Waals surface area (Å²) in [4.78, 5) is 38.3. The highest BCUT2D eigenvalue weighted by Crippen LogP contribution is 2.27. The van der Waals surface area contributed by atoms with Crippen molar-refractivity contribution in [2.24, 2.45) is 5.73 Å². The van der Waals surface area contributed by atoms with Gasteiger partial charge in [-0.15, -0.1) is 0 Å². The zero-order valence-electron chi connectivity index (χ0n) is 18.8. The monoisotopic (exact) mass is 502 g/mol. The second-order valence-electron chi connectivity index (χ2n) is 7.99. The van der Waals surface area contributed by atoms with Gasteiger partial charge in [-0.1, -0.05) is 60.7 Å². The fourth-order valence-electron chi connectivity index (χ4n) is 3.70. The summed E-state index contributed by atoms with van der Waals surface area (Å²) in [7, 11) is 0. The number of thioether (sulfide) groups is 1. The summed E-state index contributed by atoms with van der Waals surface area (Å²) in [6.45, 7) is 0. The normalized spacial score (nSPS) is 12.3. The number of amides is 2. The lowest BCUT2D eigenvalue weighted by Gasteiger charge is -2.30. The zero-order chi connectivity index (χ0) is 25.4. The van der Waals surface area contributed by atoms with Gasteiger partial charge in [-0.05, 0) is 47.1 Å². The molecular formula is C26H25F3N2O3S. The number of fused-ring (bicyclic) bond motifs is 1. The standard InChI is InChI=1S/C26H25F3N2O3S/c27-26(28,29)23(32)17-35-14-6-11-22(25(30)34)31(24(33)15-18-7-2-1-3-8-18)21-13-12-19-9-4-5-10-20(19)16-21/h1-5,7-10,12-13,16,22H,6,11,14-15,17H2,(H2,30,34)/t22-/m0/s1. The topological polar surface area (TPSA) is 80.5 Å². The third kappa shape index (κ3) is 7.32. The maximum absolute atomic E-state index is 13.4. The van der Waals surface area contributed by atoms with Crippen LogP contribution in [0.2, 0.25) is 0 Å². The van der Waals surface area contributed by atoms with Gasteiger partial charge in [0.15, 0.2) is 0 Å². The van der Waals surface area contributed by atoms with Gasteiger partial charge < -0.3 is 5.73 Å². The Morgan fingerprint density at radius 1 is 0.914 bits per heavy atom. The Hall–Kier alpha value is -3.33. The molecule has 35 heavy (non-hydrogen) atoms. The molecule has 0 aliphatic carbocycles. The van der Waals surface area contributed by atoms with Crippen molar-refractivity contribution < 1.29 is 27.6 Å². The molecule has 9 heteroatoms. The first kappa shape index (κ1) is 26.3. The number of carbonyl (C=O) groups excluding carboxylic acids is 3. The van der Waals surface area contributed by atoms with E-state index in [-0.39, 0.29) is 24.5 Å². The molecule has 0 aromatic heterocycles. The number of halogens is 3. The van der Waals surface area contributed by atoms with E-state index in [1.807, 2.05) is 66.7 Å². The number of primary amides is 1. The second-order valence-corrected chi connectivity index (χ2v) is 9.10. The smallest absolute Gasteiger partial charge is 0.368 e. The van der Waals surface area contributed by atoms with Crippen LogP contribution >= 0.6 is 11.8 Å². The number of ketones is 1. The van der Waals surface area contributed by atoms with Crippen LogP contribution in [0.1, 0.15) is 18.4 Å². The fourth-order valence-corrected chi connectivity index (χ4v) is 4.57. The lowest BCUT2D eigenvalue weighted by atomic mass is 10.0. The minimum atomic E-state index is -4.86. The van der Waals surface area contributed by atoms with Gasteiger partial charge in [0, 0.05) is 5.69 Å². The minimum Gasteiger partial charge on any atom is -0.368 e. The van der Waals surface area contributed by atoms with Gasteiger partial charge in [-0.25, -0.2) is 0 Å². The van der Waals surface area contributed by atoms with Gasteiger partial charge >= 0.3 is 6.18 Å². The Morgan fingerprint density at radius 2 is 1.57 bits per heavy atom. The highest BCUT2D eigenvalue weighted by molar-refractivity contribution is 7.99. The van der Waals surface area contributed by atoms with E-state index < -0.39 is 29.7 Å². The molecule has 0 saturated heterocycles. The van der Waals surface area contributed by atoms with Crippen molar-refractivity contribution in [2.45, 2.75) is 31.5 Å². The first-order valence-electron chi connectivity index (χ1n) is 11.0. The molecule has 0 aliphatic rings. The molecule has 0 fully saturated rings. The second kappa shape index (κ2) is 11.9. The van der Waals surface area contributed by atoms with E-state index in [0.717, 1.165) is 28.1 Å². The quantitative estimate of drug-likeness (QED) is 0.378. The molecule has 5 nitrogen and oxygen atoms in total. The van der Waals surface area contributed by atoms with Crippen LogP contribution in [0.3, 0.4) is 0 Å². The molecule has 0 heterocycles. The predicted octanol–water partition coefficient (Wildman–Crippen LogP) is 4.91. The highest BCUT2D eigenvalue weighted by atomic mass is 32.2. The minimum absolute atomic E-state index is 0.0479. The van der Waals surface area contributed by atoms with Crippen LogP contribution in [0, 0.1) is 0 Å². The predicted molar refractivity (Wildman–Crippen MR) is 132 cm³/mol. The molecule has 0 unspecified atom stereocenters. The first-order valence-corrected chi connectivity index (χ1v) is 12.1. The zero-order valence-corrected chi connectivity index (χ0v) is 19.6. The maximum Gasteiger partial charge on any atom is 0.450 e. The molecule has 0 spiro atoms. The van der Waals surface area contributed by atoms with Crippen molar-refractivity contribution in [3.05, 3.63) is 78.4 Å². The van der Waals surface area contributed by atoms with Crippen molar-refractivity contribution >= 4 is 45.8 Å². The lowest BCUT2D eigenvalue weighted by molar-refractivity contribution is -0.167. The van der Waals surface area contributed by atoms with E-state index in [2.05, 4.69) is 0 Å². The number of rotatable bonds is 11. The van der Waals surface area contributed by atoms with Crippen LogP contribution in [0.5, 0.6) is 0 Å². The summed E-state index contributed by atoms with van der Waals surface area (Å²) in [5.74, 6) is -3.31. The van der Waals surface area contributed by atoms with E-state index in [9.17, 15) is 27.6 Å². The molecular weight excluding hydrogens is 477 g/mol. The molecule has 184 valence electrons. The summed E-state index contributed by atoms with van der Waals surface area (Å²) < 4.78 is 37.2. The fraction of sp³-hybridized carbons (Fsp3) is 0.269. The molecule has 0 saturated carbocycles. The molecule has 2 N–H and O–H groups in total. The number of nitrogens with zero attached hydrogens (tertiary/aromatic N) is 1. The van der Waals surface area contributed by atoms with Gasteiger partial charge in [-0.2, -0.15) is 24.9 Å². The van der Waals surface area contributed by atoms with Crippen LogP contribution in [0.25, 0.3) is 10.8 Å². The van der Waals surface area contributed by atoms with Crippen molar-refractivity contribution in [2.75, 3.05) is 16.4 Å². The van der Waals surface area contributed by atoms with Gasteiger partial charge in [0.25, 0.3) is 0 Å². The lowest BCUT2D eigenvalue weighted by Crippen LogP contribution is -2.49. The maximum atomic E-state index is 13.4. The summed E-state index contributed by atoms with van der Waals surface area (Å²) in [6.07, 6.45) is -4.37. The Balaban J connectivity index is 1.81. The highest BCUT2D eigenvalue weighted by Gasteiger charge is 2.37. The van der Waals surface area contributed by atoms with Crippen molar-refractivity contribution in [3.63, 3.8) is 0 Å². The third-order valence-electron chi connectivity index (χ3n) is 5.43. The van der Waals surface area contributed by atoms with Crippen LogP contribution in [-0.4, -0.2) is 41.3 Å². The van der Waals surface area contributed by atoms with E-state index >= 15 is 0 Å². The molecule has 3 aromatic rings. The first-order chi connectivity index (χ1) is 16.7. The summed E-state index contributed by atoms with van der Waals surface area (Å²) in [6, 6.07) is 21.1. The molecule has 1 atom stereocenters. The van der Waals surface area contributed by atoms with E-state index in [4.69, 9.17) is 5.73 Å². The van der Waals surface area contributed by atoms with Gasteiger partial charge in [-0.3, -0.25) is 19.3 Å². The van der Waals surface area contributed by atoms with Crippen molar-refractivity contribution in [1.82, 2.24) is 0 Å². The number of alkyl halides is 3. The molecule has 0 aliphatic heterocycles. The van der Waals surface area contributed by atoms with Gasteiger partial charge in [0.2, 0.25) is 17.6 Å². The van der Waals surface area contributed by atoms with Crippen LogP contribution in [0.4, 0.5) is 18.9 Å². The van der Waals surface area contributed by atoms with Gasteiger partial charge in [0.1, 0.15) is 6.04 Å². The average Bonchev–Trinajstić information content (AvgIpc) is 2.82. The van der Waals surface area contributed by atoms with Gasteiger partial charge in [0.05, 0.1) is 12.2 Å². The Labute approximate surface area is 205 Å². The Bertz CT molecular complexity index is 1190. The van der Waals surface area contributed by atoms with Crippen molar-refractivity contribution in [3.8, 4) is 0 Å². The molecule has 0 radical (unpaired) electrons. The largest absolute Gasteiger partial charge is 0.450 e. The number of benzene rings is 3. The summed E-state index contributed by atoms with van der Waals surface area (Å²) in [5, 5.41) is 1.85. The number of hydrogen-bond acceptors (Lipinski definition) is 4. The van der Waals surface area contributed by atoms with E-state index in [1.54, 1.807) is 6.07 Å².